The van der Waals surface area contributed by atoms with Gasteiger partial charge in [0.1, 0.15) is 12.6 Å². The van der Waals surface area contributed by atoms with E-state index in [9.17, 15) is 14.4 Å². The van der Waals surface area contributed by atoms with Crippen LogP contribution in [0.25, 0.3) is 0 Å². The lowest BCUT2D eigenvalue weighted by molar-refractivity contribution is -0.131. The minimum atomic E-state index is -0.635. The molecule has 29 heavy (non-hydrogen) atoms. The lowest BCUT2D eigenvalue weighted by atomic mass is 9.96. The molecular weight excluding hydrogens is 366 g/mol. The molecule has 1 fully saturated rings. The molecule has 2 heterocycles. The number of rotatable bonds is 3. The number of hydrogen-bond acceptors (Lipinski definition) is 3. The zero-order valence-electron chi connectivity index (χ0n) is 17.0. The second-order valence-electron chi connectivity index (χ2n) is 7.87. The van der Waals surface area contributed by atoms with Crippen molar-refractivity contribution in [3.8, 4) is 0 Å². The maximum atomic E-state index is 13.2. The number of anilines is 2. The largest absolute Gasteiger partial charge is 0.332 e. The second kappa shape index (κ2) is 7.35. The number of urea groups is 1. The molecule has 6 nitrogen and oxygen atoms in total. The van der Waals surface area contributed by atoms with Crippen molar-refractivity contribution < 1.29 is 14.4 Å². The van der Waals surface area contributed by atoms with E-state index in [2.05, 4.69) is 0 Å². The van der Waals surface area contributed by atoms with Gasteiger partial charge in [0, 0.05) is 17.4 Å². The number of imide groups is 1. The monoisotopic (exact) mass is 391 g/mol. The molecule has 0 aromatic heterocycles. The van der Waals surface area contributed by atoms with Crippen molar-refractivity contribution in [3.63, 3.8) is 0 Å². The molecule has 2 aliphatic rings. The molecule has 0 aliphatic carbocycles. The third-order valence-corrected chi connectivity index (χ3v) is 5.85. The summed E-state index contributed by atoms with van der Waals surface area (Å²) in [5.74, 6) is -0.578. The van der Waals surface area contributed by atoms with Crippen molar-refractivity contribution in [2.24, 2.45) is 0 Å². The third-order valence-electron chi connectivity index (χ3n) is 5.85. The molecule has 0 saturated carbocycles. The fraction of sp³-hybridized carbons (Fsp3) is 0.348. The average Bonchev–Trinajstić information content (AvgIpc) is 2.92. The van der Waals surface area contributed by atoms with Gasteiger partial charge in [-0.1, -0.05) is 35.9 Å². The number of amides is 4. The molecule has 2 atom stereocenters. The first kappa shape index (κ1) is 19.2. The van der Waals surface area contributed by atoms with Crippen LogP contribution < -0.4 is 9.80 Å². The molecule has 2 aromatic carbocycles. The second-order valence-corrected chi connectivity index (χ2v) is 7.87. The average molecular weight is 391 g/mol. The Bertz CT molecular complexity index is 970. The third kappa shape index (κ3) is 3.28. The molecule has 1 saturated heterocycles. The molecule has 0 N–H and O–H groups in total. The minimum absolute atomic E-state index is 0.0239. The van der Waals surface area contributed by atoms with E-state index in [1.54, 1.807) is 11.8 Å². The molecule has 0 spiro atoms. The highest BCUT2D eigenvalue weighted by Crippen LogP contribution is 2.31. The maximum absolute atomic E-state index is 13.2. The molecule has 2 aliphatic heterocycles. The highest BCUT2D eigenvalue weighted by Gasteiger charge is 2.45. The number of carbonyl (C=O) groups excluding carboxylic acids is 3. The lowest BCUT2D eigenvalue weighted by Crippen LogP contribution is -2.48. The first-order chi connectivity index (χ1) is 13.9. The van der Waals surface area contributed by atoms with Crippen molar-refractivity contribution in [2.75, 3.05) is 16.3 Å². The topological polar surface area (TPSA) is 60.9 Å². The Morgan fingerprint density at radius 3 is 2.45 bits per heavy atom. The molecule has 4 rings (SSSR count). The van der Waals surface area contributed by atoms with Gasteiger partial charge in [-0.2, -0.15) is 0 Å². The maximum Gasteiger partial charge on any atom is 0.332 e. The van der Waals surface area contributed by atoms with Gasteiger partial charge in [0.15, 0.2) is 0 Å². The van der Waals surface area contributed by atoms with E-state index < -0.39 is 12.1 Å². The van der Waals surface area contributed by atoms with Crippen LogP contribution in [0, 0.1) is 6.92 Å². The Morgan fingerprint density at radius 2 is 1.72 bits per heavy atom. The van der Waals surface area contributed by atoms with Gasteiger partial charge in [-0.05, 0) is 57.4 Å². The highest BCUT2D eigenvalue weighted by atomic mass is 16.2. The van der Waals surface area contributed by atoms with Gasteiger partial charge in [-0.3, -0.25) is 19.4 Å². The Labute approximate surface area is 170 Å². The van der Waals surface area contributed by atoms with E-state index in [1.165, 1.54) is 4.90 Å². The van der Waals surface area contributed by atoms with Crippen LogP contribution in [0.5, 0.6) is 0 Å². The zero-order valence-corrected chi connectivity index (χ0v) is 17.0. The fourth-order valence-corrected chi connectivity index (χ4v) is 4.19. The van der Waals surface area contributed by atoms with Crippen molar-refractivity contribution in [1.82, 2.24) is 4.90 Å². The van der Waals surface area contributed by atoms with Crippen molar-refractivity contribution in [2.45, 2.75) is 45.7 Å². The summed E-state index contributed by atoms with van der Waals surface area (Å²) in [4.78, 5) is 43.3. The van der Waals surface area contributed by atoms with E-state index in [1.807, 2.05) is 62.4 Å². The van der Waals surface area contributed by atoms with Gasteiger partial charge in [0.25, 0.3) is 5.91 Å². The number of para-hydroxylation sites is 1. The van der Waals surface area contributed by atoms with Crippen molar-refractivity contribution in [1.29, 1.82) is 0 Å². The number of nitrogens with zero attached hydrogens (tertiary/aromatic N) is 3. The van der Waals surface area contributed by atoms with E-state index in [4.69, 9.17) is 0 Å². The molecule has 4 amide bonds. The van der Waals surface area contributed by atoms with Crippen LogP contribution in [0.1, 0.15) is 31.4 Å². The van der Waals surface area contributed by atoms with E-state index >= 15 is 0 Å². The summed E-state index contributed by atoms with van der Waals surface area (Å²) >= 11 is 0. The van der Waals surface area contributed by atoms with E-state index in [-0.39, 0.29) is 24.4 Å². The molecule has 2 unspecified atom stereocenters. The SMILES string of the molecule is Cc1ccc(N2C(=O)N(CC(=O)N3c4ccccc4CCC3C)C(=O)C2C)cc1. The molecule has 150 valence electrons. The fourth-order valence-electron chi connectivity index (χ4n) is 4.19. The predicted octanol–water partition coefficient (Wildman–Crippen LogP) is 3.52. The number of benzene rings is 2. The first-order valence-corrected chi connectivity index (χ1v) is 9.99. The number of aryl methyl sites for hydroxylation is 2. The van der Waals surface area contributed by atoms with Gasteiger partial charge in [-0.15, -0.1) is 0 Å². The Hall–Kier alpha value is -3.15. The summed E-state index contributed by atoms with van der Waals surface area (Å²) in [6.07, 6.45) is 1.78. The zero-order chi connectivity index (χ0) is 20.7. The summed E-state index contributed by atoms with van der Waals surface area (Å²) in [6.45, 7) is 5.42. The smallest absolute Gasteiger partial charge is 0.308 e. The highest BCUT2D eigenvalue weighted by molar-refractivity contribution is 6.16. The van der Waals surface area contributed by atoms with Crippen LogP contribution in [0.2, 0.25) is 0 Å². The number of carbonyl (C=O) groups is 3. The molecule has 0 radical (unpaired) electrons. The molecular formula is C23H25N3O3. The summed E-state index contributed by atoms with van der Waals surface area (Å²) in [5.41, 5.74) is 3.73. The molecule has 6 heteroatoms. The van der Waals surface area contributed by atoms with Gasteiger partial charge < -0.3 is 4.90 Å². The number of hydrogen-bond donors (Lipinski definition) is 0. The van der Waals surface area contributed by atoms with Crippen LogP contribution in [0.4, 0.5) is 16.2 Å². The summed E-state index contributed by atoms with van der Waals surface area (Å²) in [5, 5.41) is 0. The Balaban J connectivity index is 1.58. The van der Waals surface area contributed by atoms with Crippen LogP contribution in [-0.4, -0.2) is 41.4 Å². The molecule has 0 bridgehead atoms. The lowest BCUT2D eigenvalue weighted by Gasteiger charge is -2.36. The Morgan fingerprint density at radius 1 is 1.03 bits per heavy atom. The van der Waals surface area contributed by atoms with Crippen LogP contribution >= 0.6 is 0 Å². The van der Waals surface area contributed by atoms with Crippen molar-refractivity contribution in [3.05, 3.63) is 59.7 Å². The minimum Gasteiger partial charge on any atom is -0.308 e. The normalized spacial score (nSPS) is 21.6. The van der Waals surface area contributed by atoms with E-state index in [0.717, 1.165) is 34.6 Å². The van der Waals surface area contributed by atoms with Crippen LogP contribution in [-0.2, 0) is 16.0 Å². The van der Waals surface area contributed by atoms with Crippen LogP contribution in [0.15, 0.2) is 48.5 Å². The quantitative estimate of drug-likeness (QED) is 0.752. The van der Waals surface area contributed by atoms with Crippen molar-refractivity contribution >= 4 is 29.2 Å². The number of fused-ring (bicyclic) bond motifs is 1. The van der Waals surface area contributed by atoms with E-state index in [0.29, 0.717) is 5.69 Å². The van der Waals surface area contributed by atoms with Gasteiger partial charge in [-0.25, -0.2) is 4.79 Å². The van der Waals surface area contributed by atoms with Gasteiger partial charge in [0.05, 0.1) is 0 Å². The standard InChI is InChI=1S/C23H25N3O3/c1-15-8-12-19(13-9-15)26-17(3)22(28)24(23(26)29)14-21(27)25-16(2)10-11-18-6-4-5-7-20(18)25/h4-9,12-13,16-17H,10-11,14H2,1-3H3. The molecule has 2 aromatic rings. The summed E-state index contributed by atoms with van der Waals surface area (Å²) in [7, 11) is 0. The van der Waals surface area contributed by atoms with Gasteiger partial charge >= 0.3 is 6.03 Å². The van der Waals surface area contributed by atoms with Crippen LogP contribution in [0.3, 0.4) is 0 Å². The summed E-state index contributed by atoms with van der Waals surface area (Å²) < 4.78 is 0. The summed E-state index contributed by atoms with van der Waals surface area (Å²) in [6, 6.07) is 14.2. The Kier molecular flexibility index (Phi) is 4.86. The first-order valence-electron chi connectivity index (χ1n) is 9.99. The predicted molar refractivity (Wildman–Crippen MR) is 112 cm³/mol. The van der Waals surface area contributed by atoms with Gasteiger partial charge in [0.2, 0.25) is 5.91 Å².